The van der Waals surface area contributed by atoms with E-state index in [2.05, 4.69) is 5.32 Å². The van der Waals surface area contributed by atoms with Crippen LogP contribution in [-0.2, 0) is 21.0 Å². The lowest BCUT2D eigenvalue weighted by Crippen LogP contribution is -2.42. The maximum atomic E-state index is 13.3. The van der Waals surface area contributed by atoms with Crippen LogP contribution in [0.3, 0.4) is 0 Å². The molecular formula is C23H20ClF3N2O4S. The Kier molecular flexibility index (Phi) is 8.06. The normalized spacial score (nSPS) is 11.6. The molecule has 3 aromatic rings. The molecule has 0 bridgehead atoms. The third-order valence-electron chi connectivity index (χ3n) is 4.60. The number of carbonyl (C=O) groups excluding carboxylic acids is 1. The van der Waals surface area contributed by atoms with Crippen LogP contribution < -0.4 is 14.4 Å². The molecule has 0 saturated carbocycles. The van der Waals surface area contributed by atoms with E-state index in [-0.39, 0.29) is 23.1 Å². The average molecular weight is 513 g/mol. The lowest BCUT2D eigenvalue weighted by Gasteiger charge is -2.25. The van der Waals surface area contributed by atoms with Crippen LogP contribution >= 0.6 is 11.6 Å². The molecule has 1 N–H and O–H groups in total. The highest BCUT2D eigenvalue weighted by molar-refractivity contribution is 7.92. The zero-order valence-electron chi connectivity index (χ0n) is 17.6. The average Bonchev–Trinajstić information content (AvgIpc) is 2.81. The number of amides is 1. The van der Waals surface area contributed by atoms with Gasteiger partial charge in [-0.2, -0.15) is 13.2 Å². The monoisotopic (exact) mass is 512 g/mol. The number of hydrogen-bond donors (Lipinski definition) is 1. The summed E-state index contributed by atoms with van der Waals surface area (Å²) in [7, 11) is -4.42. The summed E-state index contributed by atoms with van der Waals surface area (Å²) in [5, 5.41) is 2.25. The number of sulfonamides is 1. The van der Waals surface area contributed by atoms with Gasteiger partial charge in [0.05, 0.1) is 27.7 Å². The van der Waals surface area contributed by atoms with Crippen molar-refractivity contribution in [1.29, 1.82) is 0 Å². The van der Waals surface area contributed by atoms with E-state index < -0.39 is 39.9 Å². The zero-order valence-corrected chi connectivity index (χ0v) is 19.2. The Balaban J connectivity index is 1.84. The standard InChI is InChI=1S/C23H20ClF3N2O4S/c24-20-12-11-17(23(25,26)27)15-21(20)29(34(31,32)19-9-5-2-6-10-19)16-22(30)28-13-14-33-18-7-3-1-4-8-18/h1-12,15H,13-14,16H2,(H,28,30). The highest BCUT2D eigenvalue weighted by Gasteiger charge is 2.34. The predicted molar refractivity (Wildman–Crippen MR) is 122 cm³/mol. The molecule has 1 amide bonds. The van der Waals surface area contributed by atoms with Crippen molar-refractivity contribution in [3.8, 4) is 5.75 Å². The summed E-state index contributed by atoms with van der Waals surface area (Å²) in [6.45, 7) is -0.641. The van der Waals surface area contributed by atoms with Gasteiger partial charge in [-0.3, -0.25) is 9.10 Å². The molecule has 3 rings (SSSR count). The molecule has 0 radical (unpaired) electrons. The number of benzene rings is 3. The summed E-state index contributed by atoms with van der Waals surface area (Å²) in [6.07, 6.45) is -4.74. The zero-order chi connectivity index (χ0) is 24.8. The predicted octanol–water partition coefficient (Wildman–Crippen LogP) is 4.75. The molecule has 6 nitrogen and oxygen atoms in total. The largest absolute Gasteiger partial charge is 0.492 e. The van der Waals surface area contributed by atoms with E-state index in [4.69, 9.17) is 16.3 Å². The maximum absolute atomic E-state index is 13.3. The van der Waals surface area contributed by atoms with Gasteiger partial charge in [0.1, 0.15) is 18.9 Å². The van der Waals surface area contributed by atoms with Crippen LogP contribution in [0.25, 0.3) is 0 Å². The van der Waals surface area contributed by atoms with Gasteiger partial charge in [0, 0.05) is 0 Å². The topological polar surface area (TPSA) is 75.7 Å². The second-order valence-corrected chi connectivity index (χ2v) is 9.27. The van der Waals surface area contributed by atoms with Crippen LogP contribution in [0, 0.1) is 0 Å². The van der Waals surface area contributed by atoms with E-state index in [1.165, 1.54) is 24.3 Å². The van der Waals surface area contributed by atoms with Gasteiger partial charge in [-0.15, -0.1) is 0 Å². The van der Waals surface area contributed by atoms with Crippen molar-refractivity contribution in [2.24, 2.45) is 0 Å². The molecule has 11 heteroatoms. The number of nitrogens with one attached hydrogen (secondary N) is 1. The number of para-hydroxylation sites is 1. The van der Waals surface area contributed by atoms with Crippen LogP contribution in [0.15, 0.2) is 83.8 Å². The molecule has 0 aliphatic heterocycles. The lowest BCUT2D eigenvalue weighted by atomic mass is 10.2. The third-order valence-corrected chi connectivity index (χ3v) is 6.69. The number of rotatable bonds is 9. The Morgan fingerprint density at radius 2 is 1.59 bits per heavy atom. The van der Waals surface area contributed by atoms with E-state index >= 15 is 0 Å². The fraction of sp³-hybridized carbons (Fsp3) is 0.174. The van der Waals surface area contributed by atoms with Crippen LogP contribution in [0.2, 0.25) is 5.02 Å². The summed E-state index contributed by atoms with van der Waals surface area (Å²) < 4.78 is 72.4. The number of nitrogens with zero attached hydrogens (tertiary/aromatic N) is 1. The van der Waals surface area contributed by atoms with Gasteiger partial charge >= 0.3 is 6.18 Å². The van der Waals surface area contributed by atoms with E-state index in [0.29, 0.717) is 16.1 Å². The molecule has 3 aromatic carbocycles. The minimum absolute atomic E-state index is 0.0449. The fourth-order valence-electron chi connectivity index (χ4n) is 2.96. The van der Waals surface area contributed by atoms with Crippen molar-refractivity contribution >= 4 is 33.2 Å². The molecule has 180 valence electrons. The van der Waals surface area contributed by atoms with Crippen molar-refractivity contribution in [2.45, 2.75) is 11.1 Å². The first kappa shape index (κ1) is 25.4. The maximum Gasteiger partial charge on any atom is 0.416 e. The number of anilines is 1. The van der Waals surface area contributed by atoms with Crippen molar-refractivity contribution in [1.82, 2.24) is 5.32 Å². The lowest BCUT2D eigenvalue weighted by molar-refractivity contribution is -0.137. The molecule has 0 spiro atoms. The van der Waals surface area contributed by atoms with E-state index in [1.807, 2.05) is 6.07 Å². The molecule has 0 aliphatic rings. The Hall–Kier alpha value is -3.24. The summed E-state index contributed by atoms with van der Waals surface area (Å²) in [6, 6.07) is 18.2. The highest BCUT2D eigenvalue weighted by Crippen LogP contribution is 2.37. The molecule has 0 aliphatic carbocycles. The molecule has 34 heavy (non-hydrogen) atoms. The van der Waals surface area contributed by atoms with Gasteiger partial charge in [0.2, 0.25) is 5.91 Å². The highest BCUT2D eigenvalue weighted by atomic mass is 35.5. The quantitative estimate of drug-likeness (QED) is 0.420. The van der Waals surface area contributed by atoms with E-state index in [9.17, 15) is 26.4 Å². The van der Waals surface area contributed by atoms with Crippen LogP contribution in [-0.4, -0.2) is 34.0 Å². The summed E-state index contributed by atoms with van der Waals surface area (Å²) in [5.41, 5.74) is -1.56. The third kappa shape index (κ3) is 6.42. The summed E-state index contributed by atoms with van der Waals surface area (Å²) in [4.78, 5) is 12.4. The molecule has 0 aromatic heterocycles. The first-order valence-electron chi connectivity index (χ1n) is 9.98. The van der Waals surface area contributed by atoms with Crippen LogP contribution in [0.4, 0.5) is 18.9 Å². The van der Waals surface area contributed by atoms with E-state index in [0.717, 1.165) is 12.1 Å². The number of ether oxygens (including phenoxy) is 1. The van der Waals surface area contributed by atoms with Gasteiger partial charge in [-0.05, 0) is 42.5 Å². The SMILES string of the molecule is O=C(CN(c1cc(C(F)(F)F)ccc1Cl)S(=O)(=O)c1ccccc1)NCCOc1ccccc1. The second-order valence-electron chi connectivity index (χ2n) is 7.00. The first-order valence-corrected chi connectivity index (χ1v) is 11.8. The summed E-state index contributed by atoms with van der Waals surface area (Å²) in [5.74, 6) is -0.162. The fourth-order valence-corrected chi connectivity index (χ4v) is 4.68. The molecule has 0 heterocycles. The first-order chi connectivity index (χ1) is 16.1. The molecule has 0 saturated heterocycles. The minimum atomic E-state index is -4.74. The molecule has 0 unspecified atom stereocenters. The summed E-state index contributed by atoms with van der Waals surface area (Å²) >= 11 is 6.09. The second kappa shape index (κ2) is 10.8. The number of halogens is 4. The minimum Gasteiger partial charge on any atom is -0.492 e. The van der Waals surface area contributed by atoms with Crippen LogP contribution in [0.5, 0.6) is 5.75 Å². The Morgan fingerprint density at radius 1 is 0.971 bits per heavy atom. The smallest absolute Gasteiger partial charge is 0.416 e. The Morgan fingerprint density at radius 3 is 2.21 bits per heavy atom. The molecule has 0 fully saturated rings. The van der Waals surface area contributed by atoms with Crippen molar-refractivity contribution in [3.63, 3.8) is 0 Å². The van der Waals surface area contributed by atoms with Crippen molar-refractivity contribution in [3.05, 3.63) is 89.4 Å². The van der Waals surface area contributed by atoms with Gasteiger partial charge in [0.15, 0.2) is 0 Å². The Labute approximate surface area is 200 Å². The number of alkyl halides is 3. The van der Waals surface area contributed by atoms with Crippen molar-refractivity contribution < 1.29 is 31.1 Å². The van der Waals surface area contributed by atoms with E-state index in [1.54, 1.807) is 30.3 Å². The number of hydrogen-bond acceptors (Lipinski definition) is 4. The molecular weight excluding hydrogens is 493 g/mol. The molecule has 0 atom stereocenters. The van der Waals surface area contributed by atoms with Gasteiger partial charge in [-0.25, -0.2) is 8.42 Å². The van der Waals surface area contributed by atoms with Crippen molar-refractivity contribution in [2.75, 3.05) is 24.0 Å². The van der Waals surface area contributed by atoms with Gasteiger partial charge in [0.25, 0.3) is 10.0 Å². The Bertz CT molecular complexity index is 1220. The number of carbonyl (C=O) groups is 1. The van der Waals surface area contributed by atoms with Crippen LogP contribution in [0.1, 0.15) is 5.56 Å². The van der Waals surface area contributed by atoms with Gasteiger partial charge < -0.3 is 10.1 Å². The van der Waals surface area contributed by atoms with Gasteiger partial charge in [-0.1, -0.05) is 48.0 Å².